The van der Waals surface area contributed by atoms with Gasteiger partial charge in [-0.3, -0.25) is 4.68 Å². The van der Waals surface area contributed by atoms with Crippen molar-refractivity contribution in [3.63, 3.8) is 0 Å². The molecule has 0 aliphatic carbocycles. The van der Waals surface area contributed by atoms with Gasteiger partial charge in [0.1, 0.15) is 12.4 Å². The van der Waals surface area contributed by atoms with Crippen molar-refractivity contribution in [2.24, 2.45) is 12.8 Å². The second kappa shape index (κ2) is 2.84. The van der Waals surface area contributed by atoms with E-state index in [9.17, 15) is 5.11 Å². The summed E-state index contributed by atoms with van der Waals surface area (Å²) in [4.78, 5) is 3.90. The highest BCUT2D eigenvalue weighted by Crippen LogP contribution is 2.19. The van der Waals surface area contributed by atoms with E-state index in [4.69, 9.17) is 5.73 Å². The molecule has 3 N–H and O–H groups in total. The van der Waals surface area contributed by atoms with Gasteiger partial charge in [-0.05, 0) is 13.8 Å². The summed E-state index contributed by atoms with van der Waals surface area (Å²) in [6.07, 6.45) is 0.606. The number of nitrogens with two attached hydrogens (primary N) is 1. The summed E-state index contributed by atoms with van der Waals surface area (Å²) in [5.41, 5.74) is 5.01. The highest BCUT2D eigenvalue weighted by Gasteiger charge is 2.27. The molecular formula is C7H14N4O. The fourth-order valence-electron chi connectivity index (χ4n) is 0.885. The van der Waals surface area contributed by atoms with Crippen LogP contribution in [-0.2, 0) is 7.05 Å². The summed E-state index contributed by atoms with van der Waals surface area (Å²) in [5.74, 6) is 0.488. The largest absolute Gasteiger partial charge is 0.383 e. The van der Waals surface area contributed by atoms with E-state index in [-0.39, 0.29) is 0 Å². The van der Waals surface area contributed by atoms with Crippen molar-refractivity contribution >= 4 is 0 Å². The molecule has 0 saturated heterocycles. The van der Waals surface area contributed by atoms with Gasteiger partial charge in [-0.2, -0.15) is 5.10 Å². The number of aliphatic hydroxyl groups is 1. The van der Waals surface area contributed by atoms with Crippen LogP contribution in [0.1, 0.15) is 25.8 Å². The lowest BCUT2D eigenvalue weighted by atomic mass is 9.98. The van der Waals surface area contributed by atoms with Gasteiger partial charge in [-0.1, -0.05) is 0 Å². The van der Waals surface area contributed by atoms with Gasteiger partial charge in [0.25, 0.3) is 0 Å². The van der Waals surface area contributed by atoms with Crippen LogP contribution in [0, 0.1) is 0 Å². The van der Waals surface area contributed by atoms with Crippen LogP contribution in [0.5, 0.6) is 0 Å². The van der Waals surface area contributed by atoms with E-state index in [1.54, 1.807) is 20.9 Å². The monoisotopic (exact) mass is 170 g/mol. The van der Waals surface area contributed by atoms with Crippen LogP contribution in [-0.4, -0.2) is 25.4 Å². The van der Waals surface area contributed by atoms with E-state index in [1.165, 1.54) is 11.0 Å². The predicted molar refractivity (Wildman–Crippen MR) is 44.2 cm³/mol. The zero-order chi connectivity index (χ0) is 9.35. The minimum Gasteiger partial charge on any atom is -0.383 e. The van der Waals surface area contributed by atoms with Crippen molar-refractivity contribution < 1.29 is 5.11 Å². The van der Waals surface area contributed by atoms with Gasteiger partial charge < -0.3 is 10.8 Å². The van der Waals surface area contributed by atoms with Crippen LogP contribution >= 0.6 is 0 Å². The Morgan fingerprint density at radius 1 is 1.67 bits per heavy atom. The first-order valence-corrected chi connectivity index (χ1v) is 3.74. The number of rotatable bonds is 2. The highest BCUT2D eigenvalue weighted by molar-refractivity contribution is 4.98. The molecule has 1 heterocycles. The molecule has 0 amide bonds. The Morgan fingerprint density at radius 3 is 2.58 bits per heavy atom. The normalized spacial score (nSPS) is 14.8. The summed E-state index contributed by atoms with van der Waals surface area (Å²) in [5, 5.41) is 13.5. The predicted octanol–water partition coefficient (Wildman–Crippen LogP) is -0.414. The zero-order valence-corrected chi connectivity index (χ0v) is 7.52. The standard InChI is InChI=1S/C7H14N4O/c1-7(2,8)5(12)6-9-4-10-11(6)3/h4-5,12H,8H2,1-3H3. The Bertz CT molecular complexity index is 263. The molecule has 12 heavy (non-hydrogen) atoms. The molecule has 0 saturated carbocycles. The molecule has 0 radical (unpaired) electrons. The molecule has 0 spiro atoms. The Balaban J connectivity index is 2.92. The maximum atomic E-state index is 9.68. The van der Waals surface area contributed by atoms with Gasteiger partial charge in [0.05, 0.1) is 0 Å². The molecule has 1 unspecified atom stereocenters. The Morgan fingerprint density at radius 2 is 2.25 bits per heavy atom. The first-order valence-electron chi connectivity index (χ1n) is 3.74. The minimum atomic E-state index is -0.787. The lowest BCUT2D eigenvalue weighted by molar-refractivity contribution is 0.0923. The molecule has 0 bridgehead atoms. The summed E-state index contributed by atoms with van der Waals surface area (Å²) in [6, 6.07) is 0. The quantitative estimate of drug-likeness (QED) is 0.632. The molecule has 5 nitrogen and oxygen atoms in total. The molecule has 0 aromatic carbocycles. The Hall–Kier alpha value is -0.940. The summed E-state index contributed by atoms with van der Waals surface area (Å²) in [7, 11) is 1.72. The van der Waals surface area contributed by atoms with E-state index in [1.807, 2.05) is 0 Å². The van der Waals surface area contributed by atoms with Gasteiger partial charge in [0.2, 0.25) is 0 Å². The third kappa shape index (κ3) is 1.62. The molecule has 1 atom stereocenters. The lowest BCUT2D eigenvalue weighted by Crippen LogP contribution is -2.40. The molecule has 1 rings (SSSR count). The maximum Gasteiger partial charge on any atom is 0.157 e. The van der Waals surface area contributed by atoms with Crippen molar-refractivity contribution in [3.8, 4) is 0 Å². The van der Waals surface area contributed by atoms with Gasteiger partial charge in [0.15, 0.2) is 5.82 Å². The van der Waals surface area contributed by atoms with Crippen molar-refractivity contribution in [2.75, 3.05) is 0 Å². The minimum absolute atomic E-state index is 0.488. The summed E-state index contributed by atoms with van der Waals surface area (Å²) < 4.78 is 1.51. The maximum absolute atomic E-state index is 9.68. The molecular weight excluding hydrogens is 156 g/mol. The van der Waals surface area contributed by atoms with Crippen molar-refractivity contribution in [1.82, 2.24) is 14.8 Å². The molecule has 1 aromatic heterocycles. The Labute approximate surface area is 71.2 Å². The van der Waals surface area contributed by atoms with E-state index in [0.717, 1.165) is 0 Å². The molecule has 0 fully saturated rings. The first-order chi connectivity index (χ1) is 5.43. The van der Waals surface area contributed by atoms with Crippen molar-refractivity contribution in [2.45, 2.75) is 25.5 Å². The smallest absolute Gasteiger partial charge is 0.157 e. The second-order valence-electron chi connectivity index (χ2n) is 3.47. The van der Waals surface area contributed by atoms with Gasteiger partial charge in [-0.15, -0.1) is 0 Å². The molecule has 0 aliphatic heterocycles. The van der Waals surface area contributed by atoms with E-state index in [2.05, 4.69) is 10.1 Å². The SMILES string of the molecule is Cn1ncnc1C(O)C(C)(C)N. The number of hydrogen-bond donors (Lipinski definition) is 2. The zero-order valence-electron chi connectivity index (χ0n) is 7.52. The molecule has 0 aliphatic rings. The van der Waals surface area contributed by atoms with E-state index < -0.39 is 11.6 Å². The lowest BCUT2D eigenvalue weighted by Gasteiger charge is -2.24. The number of aryl methyl sites for hydroxylation is 1. The van der Waals surface area contributed by atoms with Gasteiger partial charge in [0, 0.05) is 12.6 Å². The molecule has 68 valence electrons. The first kappa shape index (κ1) is 9.15. The fourth-order valence-corrected chi connectivity index (χ4v) is 0.885. The van der Waals surface area contributed by atoms with Crippen LogP contribution in [0.2, 0.25) is 0 Å². The van der Waals surface area contributed by atoms with E-state index in [0.29, 0.717) is 5.82 Å². The van der Waals surface area contributed by atoms with E-state index >= 15 is 0 Å². The Kier molecular flexibility index (Phi) is 2.16. The van der Waals surface area contributed by atoms with Crippen LogP contribution in [0.15, 0.2) is 6.33 Å². The fraction of sp³-hybridized carbons (Fsp3) is 0.714. The third-order valence-corrected chi connectivity index (χ3v) is 1.70. The van der Waals surface area contributed by atoms with Crippen LogP contribution in [0.25, 0.3) is 0 Å². The number of aliphatic hydroxyl groups excluding tert-OH is 1. The van der Waals surface area contributed by atoms with Gasteiger partial charge >= 0.3 is 0 Å². The second-order valence-corrected chi connectivity index (χ2v) is 3.47. The average Bonchev–Trinajstić information content (AvgIpc) is 2.31. The number of nitrogens with zero attached hydrogens (tertiary/aromatic N) is 3. The van der Waals surface area contributed by atoms with Crippen molar-refractivity contribution in [3.05, 3.63) is 12.2 Å². The topological polar surface area (TPSA) is 77.0 Å². The van der Waals surface area contributed by atoms with Crippen LogP contribution < -0.4 is 5.73 Å². The van der Waals surface area contributed by atoms with Gasteiger partial charge in [-0.25, -0.2) is 4.98 Å². The molecule has 5 heteroatoms. The number of hydrogen-bond acceptors (Lipinski definition) is 4. The van der Waals surface area contributed by atoms with Crippen LogP contribution in [0.4, 0.5) is 0 Å². The summed E-state index contributed by atoms with van der Waals surface area (Å²) in [6.45, 7) is 3.48. The van der Waals surface area contributed by atoms with Crippen molar-refractivity contribution in [1.29, 1.82) is 0 Å². The molecule has 1 aromatic rings. The average molecular weight is 170 g/mol. The summed E-state index contributed by atoms with van der Waals surface area (Å²) >= 11 is 0. The van der Waals surface area contributed by atoms with Crippen LogP contribution in [0.3, 0.4) is 0 Å². The third-order valence-electron chi connectivity index (χ3n) is 1.70. The highest BCUT2D eigenvalue weighted by atomic mass is 16.3. The number of aromatic nitrogens is 3.